The van der Waals surface area contributed by atoms with Crippen LogP contribution < -0.4 is 11.1 Å². The van der Waals surface area contributed by atoms with E-state index >= 15 is 0 Å². The second kappa shape index (κ2) is 5.53. The van der Waals surface area contributed by atoms with Gasteiger partial charge in [0.2, 0.25) is 0 Å². The Morgan fingerprint density at radius 1 is 1.61 bits per heavy atom. The first-order valence-electron chi connectivity index (χ1n) is 6.02. The van der Waals surface area contributed by atoms with Crippen molar-refractivity contribution in [1.82, 2.24) is 0 Å². The molecule has 2 nitrogen and oxygen atoms in total. The summed E-state index contributed by atoms with van der Waals surface area (Å²) in [5.74, 6) is 1.06. The van der Waals surface area contributed by atoms with Crippen molar-refractivity contribution in [2.45, 2.75) is 19.8 Å². The van der Waals surface area contributed by atoms with Crippen molar-refractivity contribution in [3.8, 4) is 0 Å². The van der Waals surface area contributed by atoms with Crippen LogP contribution in [0.3, 0.4) is 0 Å². The first-order valence-corrected chi connectivity index (χ1v) is 7.22. The zero-order valence-electron chi connectivity index (χ0n) is 10.2. The molecule has 0 amide bonds. The van der Waals surface area contributed by atoms with E-state index in [0.29, 0.717) is 21.6 Å². The fourth-order valence-electron chi connectivity index (χ4n) is 1.98. The molecule has 2 rings (SSSR count). The molecule has 98 valence electrons. The van der Waals surface area contributed by atoms with Gasteiger partial charge in [-0.05, 0) is 52.7 Å². The van der Waals surface area contributed by atoms with Gasteiger partial charge < -0.3 is 11.1 Å². The lowest BCUT2D eigenvalue weighted by Crippen LogP contribution is -2.15. The van der Waals surface area contributed by atoms with Gasteiger partial charge in [0.15, 0.2) is 5.82 Å². The van der Waals surface area contributed by atoms with Gasteiger partial charge in [0.25, 0.3) is 0 Å². The zero-order valence-corrected chi connectivity index (χ0v) is 12.6. The van der Waals surface area contributed by atoms with Gasteiger partial charge in [-0.25, -0.2) is 4.39 Å². The Bertz CT molecular complexity index is 474. The highest BCUT2D eigenvalue weighted by atomic mass is 79.9. The van der Waals surface area contributed by atoms with Crippen molar-refractivity contribution in [2.75, 3.05) is 11.9 Å². The monoisotopic (exact) mass is 330 g/mol. The predicted octanol–water partition coefficient (Wildman–Crippen LogP) is 3.68. The summed E-state index contributed by atoms with van der Waals surface area (Å²) in [6.07, 6.45) is 2.60. The van der Waals surface area contributed by atoms with Crippen LogP contribution in [0.15, 0.2) is 16.6 Å². The Kier molecular flexibility index (Phi) is 4.22. The Labute approximate surface area is 120 Å². The van der Waals surface area contributed by atoms with Crippen LogP contribution >= 0.6 is 28.1 Å². The largest absolute Gasteiger partial charge is 0.389 e. The fraction of sp³-hybridized carbons (Fsp3) is 0.462. The quantitative estimate of drug-likeness (QED) is 0.809. The molecule has 1 saturated carbocycles. The Morgan fingerprint density at radius 2 is 2.28 bits per heavy atom. The lowest BCUT2D eigenvalue weighted by Gasteiger charge is -2.14. The lowest BCUT2D eigenvalue weighted by molar-refractivity contribution is 0.533. The van der Waals surface area contributed by atoms with Crippen molar-refractivity contribution >= 4 is 38.8 Å². The Morgan fingerprint density at radius 3 is 2.83 bits per heavy atom. The molecule has 0 aliphatic heterocycles. The summed E-state index contributed by atoms with van der Waals surface area (Å²) in [6.45, 7) is 2.99. The van der Waals surface area contributed by atoms with Crippen molar-refractivity contribution < 1.29 is 4.39 Å². The molecule has 1 aromatic carbocycles. The molecule has 3 N–H and O–H groups in total. The standard InChI is InChI=1S/C13H16BrFN2S/c1-7(8-2-3-8)6-17-10-5-4-9(13(16)18)11(14)12(10)15/h4-5,7-8,17H,2-3,6H2,1H3,(H2,16,18). The van der Waals surface area contributed by atoms with Gasteiger partial charge in [-0.3, -0.25) is 0 Å². The summed E-state index contributed by atoms with van der Waals surface area (Å²) in [4.78, 5) is 0.193. The summed E-state index contributed by atoms with van der Waals surface area (Å²) >= 11 is 8.06. The minimum absolute atomic E-state index is 0.193. The van der Waals surface area contributed by atoms with E-state index in [0.717, 1.165) is 12.5 Å². The summed E-state index contributed by atoms with van der Waals surface area (Å²) in [5, 5.41) is 3.15. The van der Waals surface area contributed by atoms with E-state index in [-0.39, 0.29) is 10.8 Å². The van der Waals surface area contributed by atoms with Crippen LogP contribution in [-0.4, -0.2) is 11.5 Å². The third kappa shape index (κ3) is 3.01. The highest BCUT2D eigenvalue weighted by molar-refractivity contribution is 9.10. The molecule has 0 radical (unpaired) electrons. The summed E-state index contributed by atoms with van der Waals surface area (Å²) in [7, 11) is 0. The van der Waals surface area contributed by atoms with Gasteiger partial charge in [-0.1, -0.05) is 19.1 Å². The van der Waals surface area contributed by atoms with Gasteiger partial charge in [-0.15, -0.1) is 0 Å². The number of thiocarbonyl (C=S) groups is 1. The Balaban J connectivity index is 2.08. The van der Waals surface area contributed by atoms with E-state index in [1.165, 1.54) is 12.8 Å². The number of halogens is 2. The van der Waals surface area contributed by atoms with Crippen LogP contribution in [0.25, 0.3) is 0 Å². The Hall–Kier alpha value is -0.680. The molecule has 1 atom stereocenters. The molecule has 1 fully saturated rings. The van der Waals surface area contributed by atoms with Gasteiger partial charge >= 0.3 is 0 Å². The van der Waals surface area contributed by atoms with Crippen LogP contribution in [0, 0.1) is 17.7 Å². The molecular weight excluding hydrogens is 315 g/mol. The number of hydrogen-bond acceptors (Lipinski definition) is 2. The molecule has 0 spiro atoms. The maximum Gasteiger partial charge on any atom is 0.161 e. The molecule has 5 heteroatoms. The number of nitrogens with one attached hydrogen (secondary N) is 1. The number of benzene rings is 1. The molecule has 1 aliphatic rings. The van der Waals surface area contributed by atoms with Crippen molar-refractivity contribution in [3.05, 3.63) is 28.0 Å². The molecule has 1 unspecified atom stereocenters. The molecule has 1 aliphatic carbocycles. The van der Waals surface area contributed by atoms with Crippen LogP contribution in [0.1, 0.15) is 25.3 Å². The van der Waals surface area contributed by atoms with E-state index in [1.807, 2.05) is 0 Å². The third-order valence-corrected chi connectivity index (χ3v) is 4.38. The molecule has 18 heavy (non-hydrogen) atoms. The van der Waals surface area contributed by atoms with Crippen molar-refractivity contribution in [1.29, 1.82) is 0 Å². The molecule has 0 aromatic heterocycles. The first kappa shape index (κ1) is 13.7. The van der Waals surface area contributed by atoms with E-state index in [4.69, 9.17) is 18.0 Å². The normalized spacial score (nSPS) is 16.4. The van der Waals surface area contributed by atoms with E-state index < -0.39 is 0 Å². The maximum absolute atomic E-state index is 14.1. The topological polar surface area (TPSA) is 38.0 Å². The average molecular weight is 331 g/mol. The van der Waals surface area contributed by atoms with E-state index in [2.05, 4.69) is 28.2 Å². The highest BCUT2D eigenvalue weighted by Gasteiger charge is 2.27. The van der Waals surface area contributed by atoms with Crippen LogP contribution in [0.2, 0.25) is 0 Å². The SMILES string of the molecule is CC(CNc1ccc(C(N)=S)c(Br)c1F)C1CC1. The second-order valence-corrected chi connectivity index (χ2v) is 6.08. The second-order valence-electron chi connectivity index (χ2n) is 4.85. The molecule has 0 saturated heterocycles. The van der Waals surface area contributed by atoms with E-state index in [1.54, 1.807) is 12.1 Å². The maximum atomic E-state index is 14.1. The van der Waals surface area contributed by atoms with Crippen molar-refractivity contribution in [2.24, 2.45) is 17.6 Å². The van der Waals surface area contributed by atoms with Gasteiger partial charge in [0.1, 0.15) is 4.99 Å². The highest BCUT2D eigenvalue weighted by Crippen LogP contribution is 2.36. The van der Waals surface area contributed by atoms with E-state index in [9.17, 15) is 4.39 Å². The van der Waals surface area contributed by atoms with Gasteiger partial charge in [-0.2, -0.15) is 0 Å². The molecular formula is C13H16BrFN2S. The van der Waals surface area contributed by atoms with Crippen molar-refractivity contribution in [3.63, 3.8) is 0 Å². The third-order valence-electron chi connectivity index (χ3n) is 3.39. The first-order chi connectivity index (χ1) is 8.50. The fourth-order valence-corrected chi connectivity index (χ4v) is 2.84. The molecule has 0 heterocycles. The average Bonchev–Trinajstić information content (AvgIpc) is 3.14. The number of rotatable bonds is 5. The molecule has 1 aromatic rings. The lowest BCUT2D eigenvalue weighted by atomic mass is 10.1. The van der Waals surface area contributed by atoms with Crippen LogP contribution in [-0.2, 0) is 0 Å². The number of anilines is 1. The van der Waals surface area contributed by atoms with Gasteiger partial charge in [0, 0.05) is 12.1 Å². The summed E-state index contributed by atoms with van der Waals surface area (Å²) in [6, 6.07) is 3.42. The summed E-state index contributed by atoms with van der Waals surface area (Å²) in [5.41, 5.74) is 6.54. The van der Waals surface area contributed by atoms with Crippen LogP contribution in [0.5, 0.6) is 0 Å². The predicted molar refractivity (Wildman–Crippen MR) is 80.4 cm³/mol. The van der Waals surface area contributed by atoms with Gasteiger partial charge in [0.05, 0.1) is 10.2 Å². The van der Waals surface area contributed by atoms with Crippen LogP contribution in [0.4, 0.5) is 10.1 Å². The minimum atomic E-state index is -0.330. The summed E-state index contributed by atoms with van der Waals surface area (Å²) < 4.78 is 14.4. The number of nitrogens with two attached hydrogens (primary N) is 1. The minimum Gasteiger partial charge on any atom is -0.389 e. The molecule has 0 bridgehead atoms. The smallest absolute Gasteiger partial charge is 0.161 e. The number of hydrogen-bond donors (Lipinski definition) is 2. The zero-order chi connectivity index (χ0) is 13.3.